The first-order valence-electron chi connectivity index (χ1n) is 33.0. The number of likely N-dealkylation sites (N-methyl/N-ethyl adjacent to an activating group) is 2. The number of carbonyl (C=O) groups is 8. The summed E-state index contributed by atoms with van der Waals surface area (Å²) in [5.74, 6) is -5.21. The molecule has 3 heterocycles. The number of ether oxygens (including phenoxy) is 7. The minimum absolute atomic E-state index is 0.0483. The number of anilines is 1. The number of esters is 4. The van der Waals surface area contributed by atoms with Crippen LogP contribution in [0.15, 0.2) is 140 Å². The van der Waals surface area contributed by atoms with Gasteiger partial charge < -0.3 is 63.8 Å². The van der Waals surface area contributed by atoms with Crippen LogP contribution in [0.3, 0.4) is 0 Å². The number of methoxy groups -OCH3 is 1. The normalized spacial score (nSPS) is 16.9. The Morgan fingerprint density at radius 3 is 1.69 bits per heavy atom. The molecule has 0 bridgehead atoms. The van der Waals surface area contributed by atoms with Gasteiger partial charge >= 0.3 is 30.0 Å². The van der Waals surface area contributed by atoms with E-state index in [4.69, 9.17) is 53.1 Å². The lowest BCUT2D eigenvalue weighted by Gasteiger charge is -2.43. The summed E-state index contributed by atoms with van der Waals surface area (Å²) in [6.07, 6.45) is -8.98. The molecule has 4 N–H and O–H groups in total. The molecule has 1 saturated heterocycles. The quantitative estimate of drug-likeness (QED) is 0.0171. The number of quaternary nitrogens is 1. The number of nitrogens with one attached hydrogen (secondary N) is 4. The molecule has 25 nitrogen and oxygen atoms in total. The third-order valence-corrected chi connectivity index (χ3v) is 17.8. The highest BCUT2D eigenvalue weighted by molar-refractivity contribution is 6.07. The predicted molar refractivity (Wildman–Crippen MR) is 371 cm³/mol. The maximum Gasteiger partial charge on any atom is 0.407 e. The summed E-state index contributed by atoms with van der Waals surface area (Å²) in [5, 5.41) is 11.8. The van der Waals surface area contributed by atoms with Crippen molar-refractivity contribution in [3.05, 3.63) is 178 Å². The number of hydrogen-bond donors (Lipinski definition) is 4. The minimum atomic E-state index is -1.79. The fraction of sp³-hybridized carbons (Fsp3) is 0.333. The van der Waals surface area contributed by atoms with Gasteiger partial charge in [0.15, 0.2) is 18.3 Å². The second kappa shape index (κ2) is 31.2. The van der Waals surface area contributed by atoms with E-state index in [1.807, 2.05) is 125 Å². The molecule has 1 aliphatic heterocycles. The van der Waals surface area contributed by atoms with Gasteiger partial charge in [-0.25, -0.2) is 29.5 Å². The van der Waals surface area contributed by atoms with Crippen LogP contribution in [0.4, 0.5) is 10.5 Å². The van der Waals surface area contributed by atoms with Crippen LogP contribution < -0.4 is 26.0 Å². The number of fused-ring (bicyclic) bond motifs is 7. The van der Waals surface area contributed by atoms with E-state index < -0.39 is 66.6 Å². The van der Waals surface area contributed by atoms with Gasteiger partial charge in [-0.05, 0) is 109 Å². The maximum absolute atomic E-state index is 14.3. The third kappa shape index (κ3) is 16.4. The van der Waals surface area contributed by atoms with Crippen molar-refractivity contribution in [2.45, 2.75) is 90.6 Å². The van der Waals surface area contributed by atoms with Crippen molar-refractivity contribution < 1.29 is 76.0 Å². The largest absolute Gasteiger partial charge is 0.467 e. The Hall–Kier alpha value is -11.0. The Bertz CT molecular complexity index is 4580. The molecular formula is C75H79N10O15+. The van der Waals surface area contributed by atoms with Gasteiger partial charge in [-0.1, -0.05) is 84.9 Å². The highest BCUT2D eigenvalue weighted by atomic mass is 16.7. The lowest BCUT2D eigenvalue weighted by atomic mass is 9.97. The lowest BCUT2D eigenvalue weighted by Crippen LogP contribution is -2.64. The number of aryl methyl sites for hydroxylation is 2. The number of benzene rings is 7. The number of alkyl carbamates (subject to hydrolysis) is 1. The summed E-state index contributed by atoms with van der Waals surface area (Å²) >= 11 is 0. The van der Waals surface area contributed by atoms with Gasteiger partial charge in [0, 0.05) is 71.3 Å². The molecule has 6 atom stereocenters. The zero-order valence-corrected chi connectivity index (χ0v) is 56.8. The zero-order chi connectivity index (χ0) is 70.8. The molecule has 2 aliphatic rings. The van der Waals surface area contributed by atoms with E-state index in [1.165, 1.54) is 6.07 Å². The lowest BCUT2D eigenvalue weighted by molar-refractivity contribution is -0.921. The SMILES string of the molecule is COC(=O)[C@H]1O[C@@H](Oc2ccc(C[N+](C)(CCCN(C)CCNC(=O)c3cccc4nc5cccc(C)c5nc34)CCNC(=O)c3cccc4nc5cccc(C)c5nc34)cc2NC(=O)CCNC(=O)OCC2c3ccccc3-c3ccccc32)[C@H](OC(C)=O)[C@@H](OC(C)=O)[C@@H]1OC(C)=O. The van der Waals surface area contributed by atoms with Crippen molar-refractivity contribution in [2.24, 2.45) is 0 Å². The van der Waals surface area contributed by atoms with E-state index in [-0.39, 0.29) is 55.3 Å². The molecule has 11 rings (SSSR count). The Labute approximate surface area is 576 Å². The van der Waals surface area contributed by atoms with Gasteiger partial charge in [0.2, 0.25) is 18.3 Å². The molecule has 7 aromatic carbocycles. The van der Waals surface area contributed by atoms with E-state index in [2.05, 4.69) is 26.2 Å². The number of carbonyl (C=O) groups excluding carboxylic acids is 8. The number of hydrogen-bond acceptors (Lipinski definition) is 20. The van der Waals surface area contributed by atoms with Crippen LogP contribution in [0, 0.1) is 13.8 Å². The van der Waals surface area contributed by atoms with Gasteiger partial charge in [-0.15, -0.1) is 0 Å². The number of nitrogens with zero attached hydrogens (tertiary/aromatic N) is 6. The van der Waals surface area contributed by atoms with Crippen LogP contribution in [-0.2, 0) is 58.9 Å². The molecule has 25 heteroatoms. The van der Waals surface area contributed by atoms with Crippen molar-refractivity contribution in [1.29, 1.82) is 0 Å². The average Bonchev–Trinajstić information content (AvgIpc) is 1.36. The number of rotatable bonds is 26. The molecule has 1 fully saturated rings. The standard InChI is InChI=1S/C75H78N10O15/c1-43-18-13-26-56-63(43)82-65-53(24-15-28-58(65)79-56)71(90)76-34-37-84(6)36-17-38-85(7,39-35-77-72(91)54-25-16-29-59-66(54)83-64-44(2)19-14-27-57(64)80-59)41-48-30-31-61(99-74-70(98-47(5)88)68(97-46(4)87)67(96-45(3)86)69(100-74)73(92)94-8)60(40-48)81-62(89)32-33-78-75(93)95-42-55-51-22-11-9-20-49(51)50-21-10-12-23-52(50)55/h9-16,18-31,40,55,67-70,74H,17,32-39,41-42H2,1-8H3,(H3-,76,77,78,81,89,90,91,93)/p+1/t67-,68-,69-,70+,74+,85?/m0/s1. The average molecular weight is 1360 g/mol. The first kappa shape index (κ1) is 70.3. The molecule has 9 aromatic rings. The van der Waals surface area contributed by atoms with Gasteiger partial charge in [0.25, 0.3) is 11.8 Å². The maximum atomic E-state index is 14.3. The van der Waals surface area contributed by atoms with Crippen LogP contribution >= 0.6 is 0 Å². The summed E-state index contributed by atoms with van der Waals surface area (Å²) in [6.45, 7) is 9.90. The molecule has 4 amide bonds. The monoisotopic (exact) mass is 1360 g/mol. The van der Waals surface area contributed by atoms with Crippen LogP contribution in [0.25, 0.3) is 55.3 Å². The minimum Gasteiger partial charge on any atom is -0.467 e. The molecule has 1 aliphatic carbocycles. The highest BCUT2D eigenvalue weighted by Gasteiger charge is 2.56. The van der Waals surface area contributed by atoms with E-state index in [1.54, 1.807) is 36.4 Å². The Kier molecular flexibility index (Phi) is 22.0. The van der Waals surface area contributed by atoms with Crippen LogP contribution in [0.5, 0.6) is 5.75 Å². The first-order valence-corrected chi connectivity index (χ1v) is 33.0. The van der Waals surface area contributed by atoms with Crippen molar-refractivity contribution in [3.8, 4) is 16.9 Å². The summed E-state index contributed by atoms with van der Waals surface area (Å²) in [7, 11) is 5.07. The summed E-state index contributed by atoms with van der Waals surface area (Å²) in [5.41, 5.74) is 12.6. The second-order valence-corrected chi connectivity index (χ2v) is 25.2. The van der Waals surface area contributed by atoms with Crippen molar-refractivity contribution >= 4 is 97.5 Å². The van der Waals surface area contributed by atoms with E-state index in [9.17, 15) is 38.4 Å². The van der Waals surface area contributed by atoms with Gasteiger partial charge in [0.05, 0.1) is 83.7 Å². The number of amides is 4. The molecule has 0 saturated carbocycles. The van der Waals surface area contributed by atoms with Crippen LogP contribution in [0.1, 0.15) is 88.1 Å². The summed E-state index contributed by atoms with van der Waals surface area (Å²) < 4.78 is 40.5. The molecule has 518 valence electrons. The Balaban J connectivity index is 0.839. The zero-order valence-electron chi connectivity index (χ0n) is 56.8. The number of para-hydroxylation sites is 4. The molecule has 0 radical (unpaired) electrons. The second-order valence-electron chi connectivity index (χ2n) is 25.2. The van der Waals surface area contributed by atoms with E-state index >= 15 is 0 Å². The van der Waals surface area contributed by atoms with Gasteiger partial charge in [-0.2, -0.15) is 0 Å². The van der Waals surface area contributed by atoms with Crippen LogP contribution in [-0.4, -0.2) is 181 Å². The Morgan fingerprint density at radius 1 is 0.570 bits per heavy atom. The molecule has 2 aromatic heterocycles. The van der Waals surface area contributed by atoms with Crippen molar-refractivity contribution in [3.63, 3.8) is 0 Å². The fourth-order valence-electron chi connectivity index (χ4n) is 12.9. The molecular weight excluding hydrogens is 1280 g/mol. The summed E-state index contributed by atoms with van der Waals surface area (Å²) in [4.78, 5) is 129. The topological polar surface area (TPSA) is 304 Å². The predicted octanol–water partition coefficient (Wildman–Crippen LogP) is 8.56. The molecule has 100 heavy (non-hydrogen) atoms. The van der Waals surface area contributed by atoms with E-state index in [0.717, 1.165) is 72.3 Å². The Morgan fingerprint density at radius 2 is 1.11 bits per heavy atom. The van der Waals surface area contributed by atoms with E-state index in [0.29, 0.717) is 100.0 Å². The van der Waals surface area contributed by atoms with Crippen molar-refractivity contribution in [2.75, 3.05) is 78.9 Å². The smallest absolute Gasteiger partial charge is 0.407 e. The van der Waals surface area contributed by atoms with Crippen LogP contribution in [0.2, 0.25) is 0 Å². The summed E-state index contributed by atoms with van der Waals surface area (Å²) in [6, 6.07) is 43.0. The first-order chi connectivity index (χ1) is 48.1. The molecule has 0 spiro atoms. The van der Waals surface area contributed by atoms with Crippen molar-refractivity contribution in [1.82, 2.24) is 40.8 Å². The van der Waals surface area contributed by atoms with Gasteiger partial charge in [0.1, 0.15) is 29.9 Å². The van der Waals surface area contributed by atoms with Gasteiger partial charge in [-0.3, -0.25) is 28.8 Å². The molecule has 1 unspecified atom stereocenters. The highest BCUT2D eigenvalue weighted by Crippen LogP contribution is 2.45. The third-order valence-electron chi connectivity index (χ3n) is 17.8. The number of aromatic nitrogens is 4. The fourth-order valence-corrected chi connectivity index (χ4v) is 12.9.